The molecule has 3 fully saturated rings. The van der Waals surface area contributed by atoms with Crippen LogP contribution in [0.1, 0.15) is 239 Å². The molecule has 0 spiro atoms. The smallest absolute Gasteiger partial charge is 0.220 e. The Hall–Kier alpha value is -1.21. The van der Waals surface area contributed by atoms with E-state index in [-0.39, 0.29) is 18.9 Å². The van der Waals surface area contributed by atoms with Crippen molar-refractivity contribution < 1.29 is 89.4 Å². The number of nitrogens with one attached hydrogen (secondary N) is 1. The minimum absolute atomic E-state index is 0.241. The van der Waals surface area contributed by atoms with Gasteiger partial charge in [0.1, 0.15) is 73.2 Å². The average Bonchev–Trinajstić information content (AvgIpc) is 3.48. The third-order valence-electron chi connectivity index (χ3n) is 16.2. The van der Waals surface area contributed by atoms with Gasteiger partial charge < -0.3 is 89.9 Å². The monoisotopic (exact) mass is 1120 g/mol. The molecule has 0 aromatic rings. The van der Waals surface area contributed by atoms with Crippen molar-refractivity contribution in [3.63, 3.8) is 0 Å². The lowest BCUT2D eigenvalue weighted by Gasteiger charge is -2.48. The largest absolute Gasteiger partial charge is 0.394 e. The van der Waals surface area contributed by atoms with Crippen molar-refractivity contribution in [3.05, 3.63) is 0 Å². The molecule has 19 nitrogen and oxygen atoms in total. The van der Waals surface area contributed by atoms with Crippen LogP contribution in [0, 0.1) is 0 Å². The number of hydrogen-bond acceptors (Lipinski definition) is 18. The zero-order valence-corrected chi connectivity index (χ0v) is 48.2. The SMILES string of the molecule is CCCCCCCCCCCCCCCCCCCCCCCCCCCC(=O)NC(COC1OC(CO)C(OC2OC(CO)C(OC3OC(CO)C(O)C(O)C3O)C(O)C2O)C(O)C1O)C(O)CCCCCCCCCC. The van der Waals surface area contributed by atoms with E-state index in [9.17, 15) is 61.0 Å². The highest BCUT2D eigenvalue weighted by molar-refractivity contribution is 5.76. The number of carbonyl (C=O) groups excluding carboxylic acids is 1. The number of aliphatic hydroxyl groups is 11. The van der Waals surface area contributed by atoms with Gasteiger partial charge in [-0.25, -0.2) is 0 Å². The molecule has 78 heavy (non-hydrogen) atoms. The Labute approximate surface area is 468 Å². The lowest BCUT2D eigenvalue weighted by molar-refractivity contribution is -0.379. The number of amides is 1. The van der Waals surface area contributed by atoms with Crippen molar-refractivity contribution in [2.24, 2.45) is 0 Å². The third-order valence-corrected chi connectivity index (χ3v) is 16.2. The van der Waals surface area contributed by atoms with E-state index in [1.165, 1.54) is 161 Å². The zero-order chi connectivity index (χ0) is 56.9. The lowest BCUT2D eigenvalue weighted by Crippen LogP contribution is -2.66. The summed E-state index contributed by atoms with van der Waals surface area (Å²) in [5.41, 5.74) is 0. The van der Waals surface area contributed by atoms with E-state index in [1.54, 1.807) is 0 Å². The standard InChI is InChI=1S/C59H113NO18/c1-3-5-7-9-11-13-14-15-16-17-18-19-20-21-22-23-24-25-26-27-28-29-31-33-35-37-47(65)60-42(43(64)36-34-32-30-12-10-8-6-4-2)41-73-57-53(71)50(68)55(45(39-62)75-57)78-59-54(72)51(69)56(46(40-63)76-59)77-58-52(70)49(67)48(66)44(38-61)74-58/h42-46,48-59,61-64,66-72H,3-41H2,1-2H3,(H,60,65). The van der Waals surface area contributed by atoms with E-state index >= 15 is 0 Å². The van der Waals surface area contributed by atoms with E-state index in [2.05, 4.69) is 19.2 Å². The van der Waals surface area contributed by atoms with Crippen LogP contribution in [0.3, 0.4) is 0 Å². The Morgan fingerprint density at radius 3 is 1.12 bits per heavy atom. The van der Waals surface area contributed by atoms with E-state index in [0.717, 1.165) is 44.9 Å². The first-order valence-electron chi connectivity index (χ1n) is 31.3. The first-order chi connectivity index (χ1) is 37.8. The van der Waals surface area contributed by atoms with Crippen LogP contribution in [-0.2, 0) is 33.2 Å². The molecular weight excluding hydrogens is 1010 g/mol. The van der Waals surface area contributed by atoms with Gasteiger partial charge in [0.05, 0.1) is 38.6 Å². The number of rotatable bonds is 47. The molecular formula is C59H113NO18. The van der Waals surface area contributed by atoms with Gasteiger partial charge in [-0.05, 0) is 12.8 Å². The minimum atomic E-state index is -1.97. The first kappa shape index (κ1) is 71.1. The fraction of sp³-hybridized carbons (Fsp3) is 0.983. The van der Waals surface area contributed by atoms with Crippen LogP contribution in [0.4, 0.5) is 0 Å². The van der Waals surface area contributed by atoms with Crippen molar-refractivity contribution >= 4 is 5.91 Å². The van der Waals surface area contributed by atoms with Crippen molar-refractivity contribution in [1.82, 2.24) is 5.32 Å². The fourth-order valence-electron chi connectivity index (χ4n) is 11.0. The Balaban J connectivity index is 1.39. The number of unbranched alkanes of at least 4 members (excludes halogenated alkanes) is 31. The van der Waals surface area contributed by atoms with Gasteiger partial charge in [0.15, 0.2) is 18.9 Å². The average molecular weight is 1120 g/mol. The van der Waals surface area contributed by atoms with E-state index in [1.807, 2.05) is 0 Å². The summed E-state index contributed by atoms with van der Waals surface area (Å²) in [5.74, 6) is -0.241. The maximum Gasteiger partial charge on any atom is 0.220 e. The number of ether oxygens (including phenoxy) is 6. The molecule has 0 bridgehead atoms. The molecule has 0 radical (unpaired) electrons. The molecule has 12 N–H and O–H groups in total. The summed E-state index contributed by atoms with van der Waals surface area (Å²) in [6.45, 7) is 1.77. The second-order valence-electron chi connectivity index (χ2n) is 22.9. The molecule has 0 aliphatic carbocycles. The number of hydrogen-bond donors (Lipinski definition) is 12. The predicted octanol–water partition coefficient (Wildman–Crippen LogP) is 5.99. The maximum atomic E-state index is 13.3. The predicted molar refractivity (Wildman–Crippen MR) is 296 cm³/mol. The molecule has 3 saturated heterocycles. The normalized spacial score (nSPS) is 30.4. The lowest BCUT2D eigenvalue weighted by atomic mass is 9.96. The van der Waals surface area contributed by atoms with Gasteiger partial charge in [0, 0.05) is 6.42 Å². The number of carbonyl (C=O) groups is 1. The van der Waals surface area contributed by atoms with Crippen molar-refractivity contribution in [1.29, 1.82) is 0 Å². The quantitative estimate of drug-likeness (QED) is 0.0312. The summed E-state index contributed by atoms with van der Waals surface area (Å²) >= 11 is 0. The Morgan fingerprint density at radius 2 is 0.731 bits per heavy atom. The van der Waals surface area contributed by atoms with Crippen LogP contribution in [0.2, 0.25) is 0 Å². The van der Waals surface area contributed by atoms with Crippen LogP contribution in [0.5, 0.6) is 0 Å². The molecule has 17 unspecified atom stereocenters. The molecule has 0 aromatic heterocycles. The highest BCUT2D eigenvalue weighted by Gasteiger charge is 2.53. The van der Waals surface area contributed by atoms with Crippen molar-refractivity contribution in [2.45, 2.75) is 343 Å². The zero-order valence-electron chi connectivity index (χ0n) is 48.2. The van der Waals surface area contributed by atoms with Crippen LogP contribution >= 0.6 is 0 Å². The van der Waals surface area contributed by atoms with Crippen LogP contribution in [0.25, 0.3) is 0 Å². The Morgan fingerprint density at radius 1 is 0.410 bits per heavy atom. The van der Waals surface area contributed by atoms with Gasteiger partial charge in [-0.15, -0.1) is 0 Å². The van der Waals surface area contributed by atoms with E-state index in [4.69, 9.17) is 28.4 Å². The van der Waals surface area contributed by atoms with E-state index < -0.39 is 124 Å². The van der Waals surface area contributed by atoms with Crippen molar-refractivity contribution in [3.8, 4) is 0 Å². The molecule has 0 aromatic carbocycles. The fourth-order valence-corrected chi connectivity index (χ4v) is 11.0. The maximum absolute atomic E-state index is 13.3. The van der Waals surface area contributed by atoms with Gasteiger partial charge in [-0.3, -0.25) is 4.79 Å². The molecule has 0 saturated carbocycles. The third kappa shape index (κ3) is 27.0. The van der Waals surface area contributed by atoms with Gasteiger partial charge in [-0.2, -0.15) is 0 Å². The molecule has 3 aliphatic heterocycles. The summed E-state index contributed by atoms with van der Waals surface area (Å²) in [6, 6.07) is -0.878. The van der Waals surface area contributed by atoms with Crippen LogP contribution in [-0.4, -0.2) is 193 Å². The minimum Gasteiger partial charge on any atom is -0.394 e. The van der Waals surface area contributed by atoms with Crippen LogP contribution in [0.15, 0.2) is 0 Å². The molecule has 19 heteroatoms. The summed E-state index contributed by atoms with van der Waals surface area (Å²) < 4.78 is 34.2. The highest BCUT2D eigenvalue weighted by atomic mass is 16.8. The topological polar surface area (TPSA) is 307 Å². The molecule has 3 aliphatic rings. The molecule has 17 atom stereocenters. The Kier molecular flexibility index (Phi) is 39.6. The van der Waals surface area contributed by atoms with Crippen molar-refractivity contribution in [2.75, 3.05) is 26.4 Å². The first-order valence-corrected chi connectivity index (χ1v) is 31.3. The second kappa shape index (κ2) is 43.4. The summed E-state index contributed by atoms with van der Waals surface area (Å²) in [6.07, 6.45) is 15.2. The summed E-state index contributed by atoms with van der Waals surface area (Å²) in [4.78, 5) is 13.3. The van der Waals surface area contributed by atoms with Crippen LogP contribution < -0.4 is 5.32 Å². The Bertz CT molecular complexity index is 1440. The van der Waals surface area contributed by atoms with E-state index in [0.29, 0.717) is 12.8 Å². The molecule has 3 rings (SSSR count). The van der Waals surface area contributed by atoms with Gasteiger partial charge >= 0.3 is 0 Å². The van der Waals surface area contributed by atoms with Gasteiger partial charge in [0.2, 0.25) is 5.91 Å². The highest BCUT2D eigenvalue weighted by Crippen LogP contribution is 2.33. The summed E-state index contributed by atoms with van der Waals surface area (Å²) in [7, 11) is 0. The van der Waals surface area contributed by atoms with Gasteiger partial charge in [0.25, 0.3) is 0 Å². The molecule has 1 amide bonds. The number of aliphatic hydroxyl groups excluding tert-OH is 11. The molecule has 462 valence electrons. The second-order valence-corrected chi connectivity index (χ2v) is 22.9. The van der Waals surface area contributed by atoms with Gasteiger partial charge in [-0.1, -0.05) is 219 Å². The molecule has 3 heterocycles. The summed E-state index contributed by atoms with van der Waals surface area (Å²) in [5, 5.41) is 120.